The van der Waals surface area contributed by atoms with E-state index in [1.807, 2.05) is 6.08 Å². The Labute approximate surface area is 144 Å². The fraction of sp³-hybridized carbons (Fsp3) is 0.810. The second-order valence-electron chi connectivity index (χ2n) is 9.34. The molecular formula is C21H30O3. The smallest absolute Gasteiger partial charge is 0.139 e. The molecule has 0 amide bonds. The van der Waals surface area contributed by atoms with Crippen LogP contribution in [-0.4, -0.2) is 23.3 Å². The Morgan fingerprint density at radius 3 is 2.71 bits per heavy atom. The predicted octanol–water partition coefficient (Wildman–Crippen LogP) is 3.55. The number of allylic oxidation sites excluding steroid dienone is 1. The Balaban J connectivity index is 1.81. The second-order valence-corrected chi connectivity index (χ2v) is 9.34. The van der Waals surface area contributed by atoms with Crippen LogP contribution in [0.25, 0.3) is 0 Å². The Hall–Kier alpha value is -0.960. The van der Waals surface area contributed by atoms with E-state index in [9.17, 15) is 14.7 Å². The number of aldehydes is 1. The zero-order valence-corrected chi connectivity index (χ0v) is 15.1. The standard InChI is InChI=1S/C21H30O3/c1-12-8-14-10-15(23)9-13(2)21(14,11-22)17-6-7-20(3)16(19(12)17)4-5-18(20)24/h10-13,15-17,19,23H,4-9H2,1-3H3/t12?,13?,15?,16-,17+,19-,20-,21-/m0/s1. The summed E-state index contributed by atoms with van der Waals surface area (Å²) in [7, 11) is 0. The third-order valence-electron chi connectivity index (χ3n) is 8.41. The minimum atomic E-state index is -0.409. The molecule has 4 rings (SSSR count). The highest BCUT2D eigenvalue weighted by Gasteiger charge is 2.63. The maximum Gasteiger partial charge on any atom is 0.139 e. The quantitative estimate of drug-likeness (QED) is 0.591. The van der Waals surface area contributed by atoms with E-state index in [4.69, 9.17) is 0 Å². The lowest BCUT2D eigenvalue weighted by Crippen LogP contribution is -2.57. The summed E-state index contributed by atoms with van der Waals surface area (Å²) in [6.45, 7) is 6.63. The molecule has 0 heterocycles. The van der Waals surface area contributed by atoms with Gasteiger partial charge in [-0.1, -0.05) is 32.4 Å². The molecule has 1 N–H and O–H groups in total. The Bertz CT molecular complexity index is 608. The zero-order chi connectivity index (χ0) is 17.3. The molecule has 3 nitrogen and oxygen atoms in total. The van der Waals surface area contributed by atoms with E-state index in [1.54, 1.807) is 0 Å². The van der Waals surface area contributed by atoms with Crippen LogP contribution in [-0.2, 0) is 9.59 Å². The Morgan fingerprint density at radius 1 is 1.25 bits per heavy atom. The summed E-state index contributed by atoms with van der Waals surface area (Å²) in [5, 5.41) is 10.2. The lowest BCUT2D eigenvalue weighted by Gasteiger charge is -2.60. The Morgan fingerprint density at radius 2 is 2.00 bits per heavy atom. The summed E-state index contributed by atoms with van der Waals surface area (Å²) in [6.07, 6.45) is 8.02. The molecule has 24 heavy (non-hydrogen) atoms. The fourth-order valence-corrected chi connectivity index (χ4v) is 7.25. The van der Waals surface area contributed by atoms with Crippen molar-refractivity contribution in [2.45, 2.75) is 65.4 Å². The van der Waals surface area contributed by atoms with Gasteiger partial charge in [-0.2, -0.15) is 0 Å². The van der Waals surface area contributed by atoms with E-state index in [2.05, 4.69) is 20.8 Å². The maximum absolute atomic E-state index is 12.5. The van der Waals surface area contributed by atoms with Gasteiger partial charge in [0.05, 0.1) is 11.5 Å². The van der Waals surface area contributed by atoms with Crippen LogP contribution in [0.2, 0.25) is 0 Å². The van der Waals surface area contributed by atoms with Crippen molar-refractivity contribution in [2.24, 2.45) is 40.4 Å². The van der Waals surface area contributed by atoms with Gasteiger partial charge in [-0.15, -0.1) is 0 Å². The van der Waals surface area contributed by atoms with Gasteiger partial charge in [0.25, 0.3) is 0 Å². The number of carbonyl (C=O) groups excluding carboxylic acids is 2. The van der Waals surface area contributed by atoms with Crippen molar-refractivity contribution >= 4 is 12.1 Å². The first-order valence-corrected chi connectivity index (χ1v) is 9.73. The highest BCUT2D eigenvalue weighted by molar-refractivity contribution is 5.87. The molecule has 3 saturated carbocycles. The van der Waals surface area contributed by atoms with E-state index in [0.29, 0.717) is 35.9 Å². The molecule has 8 atom stereocenters. The van der Waals surface area contributed by atoms with Gasteiger partial charge in [-0.05, 0) is 61.7 Å². The van der Waals surface area contributed by atoms with Gasteiger partial charge in [0, 0.05) is 11.8 Å². The molecule has 0 aliphatic heterocycles. The van der Waals surface area contributed by atoms with Crippen LogP contribution in [0.5, 0.6) is 0 Å². The minimum Gasteiger partial charge on any atom is -0.389 e. The van der Waals surface area contributed by atoms with E-state index in [-0.39, 0.29) is 11.3 Å². The van der Waals surface area contributed by atoms with Crippen molar-refractivity contribution in [3.8, 4) is 0 Å². The summed E-state index contributed by atoms with van der Waals surface area (Å²) < 4.78 is 0. The fourth-order valence-electron chi connectivity index (χ4n) is 7.25. The highest BCUT2D eigenvalue weighted by atomic mass is 16.3. The number of fused-ring (bicyclic) bond motifs is 5. The number of ketones is 1. The monoisotopic (exact) mass is 330 g/mol. The van der Waals surface area contributed by atoms with E-state index >= 15 is 0 Å². The van der Waals surface area contributed by atoms with Gasteiger partial charge < -0.3 is 9.90 Å². The highest BCUT2D eigenvalue weighted by Crippen LogP contribution is 2.66. The molecular weight excluding hydrogens is 300 g/mol. The van der Waals surface area contributed by atoms with Crippen LogP contribution in [0.4, 0.5) is 0 Å². The van der Waals surface area contributed by atoms with Gasteiger partial charge in [0.15, 0.2) is 0 Å². The second kappa shape index (κ2) is 5.27. The molecule has 0 bridgehead atoms. The van der Waals surface area contributed by atoms with Crippen LogP contribution in [0.15, 0.2) is 11.6 Å². The van der Waals surface area contributed by atoms with E-state index in [1.165, 1.54) is 11.9 Å². The molecule has 0 aromatic carbocycles. The van der Waals surface area contributed by atoms with Gasteiger partial charge in [-0.3, -0.25) is 4.79 Å². The van der Waals surface area contributed by atoms with E-state index in [0.717, 1.165) is 32.1 Å². The van der Waals surface area contributed by atoms with Gasteiger partial charge in [0.1, 0.15) is 12.1 Å². The third-order valence-corrected chi connectivity index (χ3v) is 8.41. The first-order chi connectivity index (χ1) is 11.3. The summed E-state index contributed by atoms with van der Waals surface area (Å²) in [6, 6.07) is 0. The molecule has 3 fully saturated rings. The molecule has 132 valence electrons. The van der Waals surface area contributed by atoms with Gasteiger partial charge >= 0.3 is 0 Å². The number of Topliss-reactive ketones (excluding diaryl/α,β-unsaturated/α-hetero) is 1. The average Bonchev–Trinajstić information content (AvgIpc) is 2.82. The SMILES string of the molecule is CC1CC2=CC(O)CC(C)[C@]2(C=O)[C@@H]2CC[C@]3(C)C(=O)CC[C@H]3[C@H]12. The van der Waals surface area contributed by atoms with Crippen molar-refractivity contribution in [3.63, 3.8) is 0 Å². The van der Waals surface area contributed by atoms with Crippen LogP contribution >= 0.6 is 0 Å². The van der Waals surface area contributed by atoms with Crippen LogP contribution in [0.1, 0.15) is 59.3 Å². The van der Waals surface area contributed by atoms with Crippen molar-refractivity contribution in [1.82, 2.24) is 0 Å². The molecule has 3 heteroatoms. The molecule has 0 spiro atoms. The van der Waals surface area contributed by atoms with Crippen LogP contribution < -0.4 is 0 Å². The zero-order valence-electron chi connectivity index (χ0n) is 15.1. The largest absolute Gasteiger partial charge is 0.389 e. The number of hydrogen-bond acceptors (Lipinski definition) is 3. The molecule has 4 aliphatic rings. The normalized spacial score (nSPS) is 53.7. The number of rotatable bonds is 1. The average molecular weight is 330 g/mol. The van der Waals surface area contributed by atoms with Crippen molar-refractivity contribution < 1.29 is 14.7 Å². The number of hydrogen-bond donors (Lipinski definition) is 1. The molecule has 4 aliphatic carbocycles. The van der Waals surface area contributed by atoms with Gasteiger partial charge in [-0.25, -0.2) is 0 Å². The van der Waals surface area contributed by atoms with Crippen molar-refractivity contribution in [3.05, 3.63) is 11.6 Å². The van der Waals surface area contributed by atoms with Crippen molar-refractivity contribution in [1.29, 1.82) is 0 Å². The summed E-state index contributed by atoms with van der Waals surface area (Å²) in [5.74, 6) is 2.38. The summed E-state index contributed by atoms with van der Waals surface area (Å²) >= 11 is 0. The van der Waals surface area contributed by atoms with E-state index < -0.39 is 11.5 Å². The number of aliphatic hydroxyl groups excluding tert-OH is 1. The molecule has 0 aromatic rings. The molecule has 0 saturated heterocycles. The Kier molecular flexibility index (Phi) is 3.62. The predicted molar refractivity (Wildman–Crippen MR) is 92.2 cm³/mol. The summed E-state index contributed by atoms with van der Waals surface area (Å²) in [5.41, 5.74) is 0.632. The first kappa shape index (κ1) is 16.5. The third kappa shape index (κ3) is 1.88. The van der Waals surface area contributed by atoms with Crippen LogP contribution in [0.3, 0.4) is 0 Å². The molecule has 3 unspecified atom stereocenters. The summed E-state index contributed by atoms with van der Waals surface area (Å²) in [4.78, 5) is 25.0. The topological polar surface area (TPSA) is 54.4 Å². The molecule has 0 radical (unpaired) electrons. The van der Waals surface area contributed by atoms with Crippen LogP contribution in [0, 0.1) is 40.4 Å². The van der Waals surface area contributed by atoms with Crippen molar-refractivity contribution in [2.75, 3.05) is 0 Å². The number of aliphatic hydroxyl groups is 1. The first-order valence-electron chi connectivity index (χ1n) is 9.73. The number of carbonyl (C=O) groups is 2. The van der Waals surface area contributed by atoms with Gasteiger partial charge in [0.2, 0.25) is 0 Å². The maximum atomic E-state index is 12.5. The minimum absolute atomic E-state index is 0.155. The lowest BCUT2D eigenvalue weighted by molar-refractivity contribution is -0.142. The lowest BCUT2D eigenvalue weighted by atomic mass is 9.43. The molecule has 0 aromatic heterocycles.